The summed E-state index contributed by atoms with van der Waals surface area (Å²) in [5, 5.41) is 0. The maximum Gasteiger partial charge on any atom is 0.0497 e. The van der Waals surface area contributed by atoms with E-state index in [4.69, 9.17) is 0 Å². The molecule has 0 rings (SSSR count). The van der Waals surface area contributed by atoms with Crippen molar-refractivity contribution >= 4 is 24.4 Å². The topological polar surface area (TPSA) is 0 Å². The van der Waals surface area contributed by atoms with Crippen molar-refractivity contribution in [2.75, 3.05) is 6.26 Å². The van der Waals surface area contributed by atoms with Crippen molar-refractivity contribution in [1.82, 2.24) is 0 Å². The van der Waals surface area contributed by atoms with Crippen LogP contribution in [0.4, 0.5) is 0 Å². The van der Waals surface area contributed by atoms with Crippen LogP contribution in [0.15, 0.2) is 0 Å². The number of hydrogen-bond donors (Lipinski definition) is 1. The monoisotopic (exact) mass is 192 g/mol. The maximum atomic E-state index is 4.56. The summed E-state index contributed by atoms with van der Waals surface area (Å²) < 4.78 is 0.551. The number of hydrogen-bond acceptors (Lipinski definition) is 2. The molecule has 0 radical (unpaired) electrons. The smallest absolute Gasteiger partial charge is 0.0497 e. The van der Waals surface area contributed by atoms with Crippen molar-refractivity contribution in [3.63, 3.8) is 0 Å². The maximum absolute atomic E-state index is 4.56. The predicted octanol–water partition coefficient (Wildman–Crippen LogP) is 3.82. The average molecular weight is 192 g/mol. The lowest BCUT2D eigenvalue weighted by atomic mass is 10.0. The van der Waals surface area contributed by atoms with Crippen molar-refractivity contribution in [2.24, 2.45) is 5.92 Å². The van der Waals surface area contributed by atoms with Gasteiger partial charge in [-0.2, -0.15) is 24.4 Å². The summed E-state index contributed by atoms with van der Waals surface area (Å²) in [6.07, 6.45) is 7.41. The third kappa shape index (κ3) is 5.02. The molecule has 0 saturated carbocycles. The van der Waals surface area contributed by atoms with E-state index >= 15 is 0 Å². The molecule has 2 heteroatoms. The van der Waals surface area contributed by atoms with Crippen LogP contribution in [-0.2, 0) is 0 Å². The molecule has 0 aliphatic heterocycles. The summed E-state index contributed by atoms with van der Waals surface area (Å²) in [4.78, 5) is 0. The molecule has 0 aromatic rings. The van der Waals surface area contributed by atoms with Gasteiger partial charge >= 0.3 is 0 Å². The van der Waals surface area contributed by atoms with Gasteiger partial charge in [0.1, 0.15) is 0 Å². The Bertz CT molecular complexity index is 77.6. The Kier molecular flexibility index (Phi) is 7.82. The van der Waals surface area contributed by atoms with E-state index < -0.39 is 0 Å². The van der Waals surface area contributed by atoms with Gasteiger partial charge in [-0.25, -0.2) is 0 Å². The molecule has 0 spiro atoms. The van der Waals surface area contributed by atoms with Crippen molar-refractivity contribution in [1.29, 1.82) is 0 Å². The van der Waals surface area contributed by atoms with Gasteiger partial charge in [0.15, 0.2) is 0 Å². The van der Waals surface area contributed by atoms with E-state index in [-0.39, 0.29) is 0 Å². The lowest BCUT2D eigenvalue weighted by Crippen LogP contribution is -2.10. The Balaban J connectivity index is 3.66. The van der Waals surface area contributed by atoms with E-state index in [9.17, 15) is 0 Å². The first-order valence-electron chi connectivity index (χ1n) is 4.47. The summed E-state index contributed by atoms with van der Waals surface area (Å²) in [5.74, 6) is 0.823. The molecule has 0 nitrogen and oxygen atoms in total. The largest absolute Gasteiger partial charge is 0.165 e. The fourth-order valence-electron chi connectivity index (χ4n) is 1.36. The summed E-state index contributed by atoms with van der Waals surface area (Å²) in [6, 6.07) is 0. The van der Waals surface area contributed by atoms with Crippen LogP contribution >= 0.6 is 24.4 Å². The standard InChI is InChI=1S/C9H20S2/c1-4-6-8(7-5-2)9(10)11-3/h8-10H,4-7H2,1-3H3. The van der Waals surface area contributed by atoms with Crippen LogP contribution in [0.25, 0.3) is 0 Å². The number of rotatable bonds is 6. The highest BCUT2D eigenvalue weighted by molar-refractivity contribution is 8.09. The molecule has 0 bridgehead atoms. The summed E-state index contributed by atoms with van der Waals surface area (Å²) in [7, 11) is 0. The predicted molar refractivity (Wildman–Crippen MR) is 59.6 cm³/mol. The molecule has 0 fully saturated rings. The van der Waals surface area contributed by atoms with Crippen LogP contribution in [0.1, 0.15) is 39.5 Å². The van der Waals surface area contributed by atoms with Gasteiger partial charge in [-0.15, -0.1) is 0 Å². The molecule has 68 valence electrons. The zero-order valence-corrected chi connectivity index (χ0v) is 9.55. The Hall–Kier alpha value is 0.700. The molecule has 0 aromatic carbocycles. The van der Waals surface area contributed by atoms with Crippen molar-refractivity contribution < 1.29 is 0 Å². The summed E-state index contributed by atoms with van der Waals surface area (Å²) in [5.41, 5.74) is 0. The zero-order chi connectivity index (χ0) is 8.69. The van der Waals surface area contributed by atoms with Crippen LogP contribution in [0, 0.1) is 5.92 Å². The quantitative estimate of drug-likeness (QED) is 0.493. The summed E-state index contributed by atoms with van der Waals surface area (Å²) in [6.45, 7) is 4.51. The molecule has 1 unspecified atom stereocenters. The molecule has 0 aliphatic rings. The molecule has 0 amide bonds. The van der Waals surface area contributed by atoms with Gasteiger partial charge in [0.25, 0.3) is 0 Å². The van der Waals surface area contributed by atoms with E-state index in [1.54, 1.807) is 0 Å². The highest BCUT2D eigenvalue weighted by atomic mass is 32.2. The molecular weight excluding hydrogens is 172 g/mol. The average Bonchev–Trinajstić information content (AvgIpc) is 2.03. The normalized spacial score (nSPS) is 13.9. The third-order valence-electron chi connectivity index (χ3n) is 1.96. The fourth-order valence-corrected chi connectivity index (χ4v) is 2.32. The van der Waals surface area contributed by atoms with Gasteiger partial charge in [-0.1, -0.05) is 26.7 Å². The van der Waals surface area contributed by atoms with Crippen molar-refractivity contribution in [3.8, 4) is 0 Å². The molecule has 0 saturated heterocycles. The first-order valence-corrected chi connectivity index (χ1v) is 6.27. The van der Waals surface area contributed by atoms with E-state index in [0.717, 1.165) is 5.92 Å². The van der Waals surface area contributed by atoms with Crippen LogP contribution < -0.4 is 0 Å². The SMILES string of the molecule is CCCC(CCC)C(S)SC. The molecule has 11 heavy (non-hydrogen) atoms. The Labute approximate surface area is 80.9 Å². The van der Waals surface area contributed by atoms with Crippen molar-refractivity contribution in [2.45, 2.75) is 44.1 Å². The Morgan fingerprint density at radius 1 is 1.18 bits per heavy atom. The highest BCUT2D eigenvalue weighted by Crippen LogP contribution is 2.28. The van der Waals surface area contributed by atoms with Gasteiger partial charge in [-0.3, -0.25) is 0 Å². The van der Waals surface area contributed by atoms with E-state index in [1.807, 2.05) is 11.8 Å². The molecule has 0 aromatic heterocycles. The van der Waals surface area contributed by atoms with E-state index in [0.29, 0.717) is 4.58 Å². The van der Waals surface area contributed by atoms with E-state index in [2.05, 4.69) is 32.7 Å². The van der Waals surface area contributed by atoms with Crippen LogP contribution in [0.2, 0.25) is 0 Å². The lowest BCUT2D eigenvalue weighted by molar-refractivity contribution is 0.475. The van der Waals surface area contributed by atoms with Gasteiger partial charge in [0, 0.05) is 4.58 Å². The first-order chi connectivity index (χ1) is 5.26. The van der Waals surface area contributed by atoms with Gasteiger partial charge in [-0.05, 0) is 25.0 Å². The Morgan fingerprint density at radius 3 is 1.91 bits per heavy atom. The second kappa shape index (κ2) is 7.35. The summed E-state index contributed by atoms with van der Waals surface area (Å²) >= 11 is 6.43. The minimum atomic E-state index is 0.551. The minimum absolute atomic E-state index is 0.551. The van der Waals surface area contributed by atoms with Gasteiger partial charge < -0.3 is 0 Å². The van der Waals surface area contributed by atoms with E-state index in [1.165, 1.54) is 25.7 Å². The Morgan fingerprint density at radius 2 is 1.64 bits per heavy atom. The second-order valence-corrected chi connectivity index (χ2v) is 4.85. The highest BCUT2D eigenvalue weighted by Gasteiger charge is 2.14. The molecule has 0 N–H and O–H groups in total. The van der Waals surface area contributed by atoms with Crippen LogP contribution in [-0.4, -0.2) is 10.8 Å². The molecule has 1 atom stereocenters. The van der Waals surface area contributed by atoms with Crippen molar-refractivity contribution in [3.05, 3.63) is 0 Å². The lowest BCUT2D eigenvalue weighted by Gasteiger charge is -2.20. The first kappa shape index (κ1) is 11.7. The number of thioether (sulfide) groups is 1. The fraction of sp³-hybridized carbons (Fsp3) is 1.00. The number of thiol groups is 1. The van der Waals surface area contributed by atoms with Gasteiger partial charge in [0.05, 0.1) is 0 Å². The van der Waals surface area contributed by atoms with Crippen LogP contribution in [0.5, 0.6) is 0 Å². The molecule has 0 heterocycles. The third-order valence-corrected chi connectivity index (χ3v) is 3.89. The minimum Gasteiger partial charge on any atom is -0.165 e. The second-order valence-electron chi connectivity index (χ2n) is 2.96. The van der Waals surface area contributed by atoms with Crippen LogP contribution in [0.3, 0.4) is 0 Å². The zero-order valence-electron chi connectivity index (χ0n) is 7.84. The molecule has 0 aliphatic carbocycles. The van der Waals surface area contributed by atoms with Gasteiger partial charge in [0.2, 0.25) is 0 Å². The molecular formula is C9H20S2.